The van der Waals surface area contributed by atoms with Crippen molar-refractivity contribution < 1.29 is 29.3 Å². The third-order valence-electron chi connectivity index (χ3n) is 7.53. The minimum atomic E-state index is -1.36. The molecule has 4 aromatic rings. The Balaban J connectivity index is 1.51. The normalized spacial score (nSPS) is 14.7. The summed E-state index contributed by atoms with van der Waals surface area (Å²) in [6.45, 7) is 1.81. The van der Waals surface area contributed by atoms with E-state index in [-0.39, 0.29) is 17.7 Å². The van der Waals surface area contributed by atoms with Crippen LogP contribution in [0.5, 0.6) is 5.75 Å². The maximum absolute atomic E-state index is 13.5. The van der Waals surface area contributed by atoms with Crippen molar-refractivity contribution in [2.75, 3.05) is 6.61 Å². The van der Waals surface area contributed by atoms with Crippen LogP contribution < -0.4 is 0 Å². The number of furan rings is 1. The van der Waals surface area contributed by atoms with Gasteiger partial charge in [0.15, 0.2) is 5.75 Å². The summed E-state index contributed by atoms with van der Waals surface area (Å²) < 4.78 is 5.52. The quantitative estimate of drug-likeness (QED) is 0.156. The molecule has 0 amide bonds. The van der Waals surface area contributed by atoms with Gasteiger partial charge in [0.25, 0.3) is 0 Å². The third kappa shape index (κ3) is 4.77. The zero-order chi connectivity index (χ0) is 26.8. The minimum Gasteiger partial charge on any atom is -0.504 e. The molecule has 0 radical (unpaired) electrons. The Bertz CT molecular complexity index is 1520. The van der Waals surface area contributed by atoms with Crippen LogP contribution in [0.2, 0.25) is 0 Å². The van der Waals surface area contributed by atoms with E-state index >= 15 is 0 Å². The molecule has 1 aliphatic carbocycles. The Morgan fingerprint density at radius 1 is 1.05 bits per heavy atom. The molecule has 4 N–H and O–H groups in total. The first-order valence-corrected chi connectivity index (χ1v) is 13.0. The summed E-state index contributed by atoms with van der Waals surface area (Å²) in [7, 11) is 0. The number of aromatic carboxylic acids is 1. The number of aliphatic hydroxyl groups excluding tert-OH is 1. The second-order valence-corrected chi connectivity index (χ2v) is 10.0. The highest BCUT2D eigenvalue weighted by Gasteiger charge is 2.31. The fraction of sp³-hybridized carbons (Fsp3) is 0.290. The number of nitrogens with one attached hydrogen (secondary N) is 1. The summed E-state index contributed by atoms with van der Waals surface area (Å²) in [4.78, 5) is 28.7. The van der Waals surface area contributed by atoms with Crippen molar-refractivity contribution in [3.63, 3.8) is 0 Å². The van der Waals surface area contributed by atoms with Crippen LogP contribution in [0, 0.1) is 0 Å². The maximum atomic E-state index is 13.5. The fourth-order valence-electron chi connectivity index (χ4n) is 5.40. The molecule has 5 rings (SSSR count). The lowest BCUT2D eigenvalue weighted by Gasteiger charge is -2.22. The van der Waals surface area contributed by atoms with Crippen molar-refractivity contribution in [1.29, 1.82) is 0 Å². The molecule has 196 valence electrons. The number of benzene rings is 2. The maximum Gasteiger partial charge on any atom is 0.372 e. The number of carboxylic acid groups (broad SMARTS) is 1. The summed E-state index contributed by atoms with van der Waals surface area (Å²) in [6.07, 6.45) is 9.97. The van der Waals surface area contributed by atoms with E-state index in [1.807, 2.05) is 37.3 Å². The number of aromatic amines is 1. The first-order valence-electron chi connectivity index (χ1n) is 13.0. The van der Waals surface area contributed by atoms with Gasteiger partial charge in [-0.3, -0.25) is 4.79 Å². The van der Waals surface area contributed by atoms with E-state index in [1.165, 1.54) is 24.8 Å². The van der Waals surface area contributed by atoms with E-state index in [1.54, 1.807) is 24.4 Å². The third-order valence-corrected chi connectivity index (χ3v) is 7.53. The molecule has 38 heavy (non-hydrogen) atoms. The van der Waals surface area contributed by atoms with Crippen molar-refractivity contribution in [2.24, 2.45) is 0 Å². The number of rotatable bonds is 8. The van der Waals surface area contributed by atoms with Crippen LogP contribution in [0.4, 0.5) is 0 Å². The molecule has 1 saturated carbocycles. The van der Waals surface area contributed by atoms with Crippen LogP contribution >= 0.6 is 0 Å². The molecule has 1 fully saturated rings. The summed E-state index contributed by atoms with van der Waals surface area (Å²) in [5, 5.41) is 30.8. The van der Waals surface area contributed by atoms with E-state index < -0.39 is 29.0 Å². The predicted octanol–water partition coefficient (Wildman–Crippen LogP) is 6.59. The molecule has 2 aromatic carbocycles. The molecule has 0 spiro atoms. The van der Waals surface area contributed by atoms with Gasteiger partial charge in [0.05, 0.1) is 17.7 Å². The molecule has 7 heteroatoms. The summed E-state index contributed by atoms with van der Waals surface area (Å²) in [5.74, 6) is -2.84. The van der Waals surface area contributed by atoms with Gasteiger partial charge in [0, 0.05) is 17.1 Å². The van der Waals surface area contributed by atoms with E-state index in [0.717, 1.165) is 29.5 Å². The lowest BCUT2D eigenvalue weighted by molar-refractivity contribution is 0.0661. The Morgan fingerprint density at radius 2 is 1.79 bits per heavy atom. The van der Waals surface area contributed by atoms with Gasteiger partial charge in [-0.05, 0) is 48.8 Å². The van der Waals surface area contributed by atoms with Crippen molar-refractivity contribution in [3.05, 3.63) is 88.5 Å². The zero-order valence-corrected chi connectivity index (χ0v) is 21.3. The van der Waals surface area contributed by atoms with E-state index in [9.17, 15) is 24.9 Å². The van der Waals surface area contributed by atoms with Gasteiger partial charge in [0.2, 0.25) is 17.3 Å². The molecule has 1 aliphatic rings. The Kier molecular flexibility index (Phi) is 7.20. The number of ketones is 1. The predicted molar refractivity (Wildman–Crippen MR) is 145 cm³/mol. The van der Waals surface area contributed by atoms with Gasteiger partial charge in [0.1, 0.15) is 0 Å². The molecule has 0 unspecified atom stereocenters. The van der Waals surface area contributed by atoms with Gasteiger partial charge < -0.3 is 24.7 Å². The summed E-state index contributed by atoms with van der Waals surface area (Å²) in [6, 6.07) is 13.1. The summed E-state index contributed by atoms with van der Waals surface area (Å²) >= 11 is 0. The Hall–Kier alpha value is -4.10. The minimum absolute atomic E-state index is 0.00110. The molecular weight excluding hydrogens is 482 g/mol. The average molecular weight is 514 g/mol. The SMILES string of the molecule is C/C(=C\Cc1cccc2c(C(=O)c3oc(C(=O)O)c(-c4ccc(C5CCCCC5)cc4)c3O)c[nH]c12)CO. The molecule has 7 nitrogen and oxygen atoms in total. The first-order chi connectivity index (χ1) is 18.4. The monoisotopic (exact) mass is 513 g/mol. The highest BCUT2D eigenvalue weighted by atomic mass is 16.4. The smallest absolute Gasteiger partial charge is 0.372 e. The standard InChI is InChI=1S/C31H31NO6/c1-18(17-33)10-11-22-8-5-9-23-24(16-32-26(22)23)27(34)30-28(35)25(29(38-30)31(36)37)21-14-12-20(13-15-21)19-6-3-2-4-7-19/h5,8-10,12-16,19,32-33,35H,2-4,6-7,11,17H2,1H3,(H,36,37)/b18-10+. The number of allylic oxidation sites excluding steroid dienone is 1. The van der Waals surface area contributed by atoms with Gasteiger partial charge in [-0.25, -0.2) is 4.79 Å². The number of hydrogen-bond acceptors (Lipinski definition) is 5. The molecule has 0 bridgehead atoms. The lowest BCUT2D eigenvalue weighted by atomic mass is 9.83. The molecule has 0 atom stereocenters. The highest BCUT2D eigenvalue weighted by Crippen LogP contribution is 2.41. The zero-order valence-electron chi connectivity index (χ0n) is 21.3. The van der Waals surface area contributed by atoms with Crippen LogP contribution in [0.15, 0.2) is 64.7 Å². The van der Waals surface area contributed by atoms with Gasteiger partial charge in [-0.1, -0.05) is 73.4 Å². The number of fused-ring (bicyclic) bond motifs is 1. The average Bonchev–Trinajstić information content (AvgIpc) is 3.54. The van der Waals surface area contributed by atoms with Crippen molar-refractivity contribution in [1.82, 2.24) is 4.98 Å². The van der Waals surface area contributed by atoms with Crippen LogP contribution in [0.1, 0.15) is 82.7 Å². The number of H-pyrrole nitrogens is 1. The number of carbonyl (C=O) groups is 2. The van der Waals surface area contributed by atoms with E-state index in [4.69, 9.17) is 4.42 Å². The number of aromatic nitrogens is 1. The number of carboxylic acids is 1. The van der Waals surface area contributed by atoms with Gasteiger partial charge >= 0.3 is 5.97 Å². The summed E-state index contributed by atoms with van der Waals surface area (Å²) in [5.41, 5.74) is 4.47. The van der Waals surface area contributed by atoms with Gasteiger partial charge in [-0.15, -0.1) is 0 Å². The van der Waals surface area contributed by atoms with Crippen LogP contribution in [0.25, 0.3) is 22.0 Å². The molecule has 0 aliphatic heterocycles. The van der Waals surface area contributed by atoms with E-state index in [0.29, 0.717) is 23.3 Å². The topological polar surface area (TPSA) is 124 Å². The van der Waals surface area contributed by atoms with Crippen LogP contribution in [-0.4, -0.2) is 38.7 Å². The Morgan fingerprint density at radius 3 is 2.47 bits per heavy atom. The second kappa shape index (κ2) is 10.7. The largest absolute Gasteiger partial charge is 0.504 e. The molecule has 0 saturated heterocycles. The van der Waals surface area contributed by atoms with Crippen LogP contribution in [0.3, 0.4) is 0 Å². The number of hydrogen-bond donors (Lipinski definition) is 4. The van der Waals surface area contributed by atoms with Crippen LogP contribution in [-0.2, 0) is 6.42 Å². The van der Waals surface area contributed by atoms with Crippen molar-refractivity contribution >= 4 is 22.7 Å². The molecule has 2 heterocycles. The van der Waals surface area contributed by atoms with Gasteiger partial charge in [-0.2, -0.15) is 0 Å². The number of aromatic hydroxyl groups is 1. The molecular formula is C31H31NO6. The number of carbonyl (C=O) groups excluding carboxylic acids is 1. The molecule has 2 aromatic heterocycles. The van der Waals surface area contributed by atoms with Crippen molar-refractivity contribution in [3.8, 4) is 16.9 Å². The second-order valence-electron chi connectivity index (χ2n) is 10.0. The van der Waals surface area contributed by atoms with Crippen molar-refractivity contribution in [2.45, 2.75) is 51.4 Å². The highest BCUT2D eigenvalue weighted by molar-refractivity contribution is 6.18. The Labute approximate surface area is 220 Å². The number of aliphatic hydroxyl groups is 1. The first kappa shape index (κ1) is 25.5. The number of para-hydroxylation sites is 1. The lowest BCUT2D eigenvalue weighted by Crippen LogP contribution is -2.04. The van der Waals surface area contributed by atoms with E-state index in [2.05, 4.69) is 4.98 Å². The fourth-order valence-corrected chi connectivity index (χ4v) is 5.40.